The van der Waals surface area contributed by atoms with E-state index in [1.165, 1.54) is 4.90 Å². The van der Waals surface area contributed by atoms with E-state index in [0.717, 1.165) is 10.0 Å². The zero-order valence-electron chi connectivity index (χ0n) is 9.73. The van der Waals surface area contributed by atoms with E-state index in [9.17, 15) is 9.59 Å². The zero-order valence-corrected chi connectivity index (χ0v) is 11.3. The lowest BCUT2D eigenvalue weighted by Crippen LogP contribution is -2.39. The number of anilines is 1. The Morgan fingerprint density at radius 3 is 2.11 bits per heavy atom. The van der Waals surface area contributed by atoms with Crippen molar-refractivity contribution < 1.29 is 9.59 Å². The fraction of sp³-hybridized carbons (Fsp3) is 0.273. The van der Waals surface area contributed by atoms with Gasteiger partial charge in [-0.1, -0.05) is 15.9 Å². The van der Waals surface area contributed by atoms with Gasteiger partial charge in [0.25, 0.3) is 0 Å². The standard InChI is InChI=1S/C11H15BrN4O2/c12-8-1-7(4-13)2-9(3-8)16(5-10(14)17)6-11(15)18/h1-3H,4-6,13H2,(H2,14,17)(H2,15,18). The Morgan fingerprint density at radius 2 is 1.67 bits per heavy atom. The number of nitrogens with zero attached hydrogens (tertiary/aromatic N) is 1. The van der Waals surface area contributed by atoms with Crippen molar-refractivity contribution in [2.75, 3.05) is 18.0 Å². The van der Waals surface area contributed by atoms with Crippen LogP contribution in [-0.4, -0.2) is 24.9 Å². The molecule has 0 bridgehead atoms. The summed E-state index contributed by atoms with van der Waals surface area (Å²) in [6.45, 7) is 0.195. The molecule has 0 radical (unpaired) electrons. The summed E-state index contributed by atoms with van der Waals surface area (Å²) in [7, 11) is 0. The number of benzene rings is 1. The average molecular weight is 315 g/mol. The third-order valence-electron chi connectivity index (χ3n) is 2.24. The topological polar surface area (TPSA) is 115 Å². The predicted molar refractivity (Wildman–Crippen MR) is 72.6 cm³/mol. The van der Waals surface area contributed by atoms with Crippen molar-refractivity contribution in [1.29, 1.82) is 0 Å². The third kappa shape index (κ3) is 4.34. The minimum absolute atomic E-state index is 0.0800. The van der Waals surface area contributed by atoms with Crippen LogP contribution < -0.4 is 22.1 Å². The maximum absolute atomic E-state index is 11.0. The van der Waals surface area contributed by atoms with E-state index in [0.29, 0.717) is 12.2 Å². The van der Waals surface area contributed by atoms with Gasteiger partial charge < -0.3 is 22.1 Å². The molecule has 0 fully saturated rings. The number of nitrogens with two attached hydrogens (primary N) is 3. The van der Waals surface area contributed by atoms with Crippen molar-refractivity contribution >= 4 is 33.4 Å². The minimum Gasteiger partial charge on any atom is -0.368 e. The van der Waals surface area contributed by atoms with E-state index in [2.05, 4.69) is 15.9 Å². The number of halogens is 1. The zero-order chi connectivity index (χ0) is 13.7. The quantitative estimate of drug-likeness (QED) is 0.667. The van der Waals surface area contributed by atoms with Gasteiger partial charge in [0.1, 0.15) is 0 Å². The minimum atomic E-state index is -0.537. The van der Waals surface area contributed by atoms with Gasteiger partial charge in [0.05, 0.1) is 13.1 Å². The summed E-state index contributed by atoms with van der Waals surface area (Å²) >= 11 is 3.34. The molecule has 0 aromatic heterocycles. The molecule has 0 atom stereocenters. The molecule has 0 heterocycles. The molecule has 2 amide bonds. The third-order valence-corrected chi connectivity index (χ3v) is 2.69. The molecule has 98 valence electrons. The van der Waals surface area contributed by atoms with E-state index >= 15 is 0 Å². The number of hydrogen-bond acceptors (Lipinski definition) is 4. The molecular weight excluding hydrogens is 300 g/mol. The first kappa shape index (κ1) is 14.5. The SMILES string of the molecule is NCc1cc(Br)cc(N(CC(N)=O)CC(N)=O)c1. The van der Waals surface area contributed by atoms with Crippen molar-refractivity contribution in [1.82, 2.24) is 0 Å². The molecule has 0 saturated carbocycles. The predicted octanol–water partition coefficient (Wildman–Crippen LogP) is -0.315. The molecule has 1 rings (SSSR count). The van der Waals surface area contributed by atoms with E-state index in [1.54, 1.807) is 12.1 Å². The van der Waals surface area contributed by atoms with Gasteiger partial charge in [-0.25, -0.2) is 0 Å². The number of hydrogen-bond donors (Lipinski definition) is 3. The van der Waals surface area contributed by atoms with Crippen LogP contribution in [0.3, 0.4) is 0 Å². The summed E-state index contributed by atoms with van der Waals surface area (Å²) in [4.78, 5) is 23.5. The lowest BCUT2D eigenvalue weighted by atomic mass is 10.2. The highest BCUT2D eigenvalue weighted by atomic mass is 79.9. The van der Waals surface area contributed by atoms with Crippen molar-refractivity contribution in [3.05, 3.63) is 28.2 Å². The van der Waals surface area contributed by atoms with Crippen molar-refractivity contribution in [3.63, 3.8) is 0 Å². The van der Waals surface area contributed by atoms with Gasteiger partial charge in [0.15, 0.2) is 0 Å². The maximum atomic E-state index is 11.0. The Hall–Kier alpha value is -1.60. The largest absolute Gasteiger partial charge is 0.368 e. The van der Waals surface area contributed by atoms with Crippen molar-refractivity contribution in [3.8, 4) is 0 Å². The van der Waals surface area contributed by atoms with Crippen molar-refractivity contribution in [2.24, 2.45) is 17.2 Å². The highest BCUT2D eigenvalue weighted by Gasteiger charge is 2.13. The summed E-state index contributed by atoms with van der Waals surface area (Å²) in [6, 6.07) is 5.41. The number of carbonyl (C=O) groups excluding carboxylic acids is 2. The number of rotatable bonds is 6. The lowest BCUT2D eigenvalue weighted by molar-refractivity contribution is -0.117. The maximum Gasteiger partial charge on any atom is 0.236 e. The van der Waals surface area contributed by atoms with Gasteiger partial charge in [-0.3, -0.25) is 9.59 Å². The van der Waals surface area contributed by atoms with Gasteiger partial charge in [-0.2, -0.15) is 0 Å². The molecule has 0 saturated heterocycles. The lowest BCUT2D eigenvalue weighted by Gasteiger charge is -2.22. The second-order valence-corrected chi connectivity index (χ2v) is 4.73. The Balaban J connectivity index is 3.06. The van der Waals surface area contributed by atoms with Gasteiger partial charge in [-0.05, 0) is 23.8 Å². The molecule has 6 N–H and O–H groups in total. The number of primary amides is 2. The fourth-order valence-electron chi connectivity index (χ4n) is 1.55. The first-order valence-electron chi connectivity index (χ1n) is 5.23. The second kappa shape index (κ2) is 6.36. The highest BCUT2D eigenvalue weighted by Crippen LogP contribution is 2.22. The van der Waals surface area contributed by atoms with Gasteiger partial charge in [0.2, 0.25) is 11.8 Å². The van der Waals surface area contributed by atoms with E-state index in [-0.39, 0.29) is 13.1 Å². The molecule has 7 heteroatoms. The summed E-state index contributed by atoms with van der Waals surface area (Å²) in [5.41, 5.74) is 17.4. The molecule has 0 unspecified atom stereocenters. The smallest absolute Gasteiger partial charge is 0.236 e. The second-order valence-electron chi connectivity index (χ2n) is 3.81. The fourth-order valence-corrected chi connectivity index (χ4v) is 2.08. The van der Waals surface area contributed by atoms with Crippen LogP contribution in [0.15, 0.2) is 22.7 Å². The average Bonchev–Trinajstić information content (AvgIpc) is 2.26. The molecule has 1 aromatic carbocycles. The first-order chi connectivity index (χ1) is 8.42. The van der Waals surface area contributed by atoms with Crippen LogP contribution in [0.4, 0.5) is 5.69 Å². The monoisotopic (exact) mass is 314 g/mol. The first-order valence-corrected chi connectivity index (χ1v) is 6.02. The van der Waals surface area contributed by atoms with Crippen LogP contribution in [0.5, 0.6) is 0 Å². The Kier molecular flexibility index (Phi) is 5.11. The van der Waals surface area contributed by atoms with Crippen LogP contribution in [-0.2, 0) is 16.1 Å². The summed E-state index contributed by atoms with van der Waals surface area (Å²) in [5.74, 6) is -1.07. The molecule has 0 spiro atoms. The number of carbonyl (C=O) groups is 2. The highest BCUT2D eigenvalue weighted by molar-refractivity contribution is 9.10. The van der Waals surface area contributed by atoms with E-state index in [4.69, 9.17) is 17.2 Å². The van der Waals surface area contributed by atoms with Crippen LogP contribution in [0.25, 0.3) is 0 Å². The molecular formula is C11H15BrN4O2. The van der Waals surface area contributed by atoms with E-state index < -0.39 is 11.8 Å². The van der Waals surface area contributed by atoms with Gasteiger partial charge >= 0.3 is 0 Å². The van der Waals surface area contributed by atoms with Crippen LogP contribution >= 0.6 is 15.9 Å². The molecule has 18 heavy (non-hydrogen) atoms. The molecule has 6 nitrogen and oxygen atoms in total. The van der Waals surface area contributed by atoms with Crippen LogP contribution in [0, 0.1) is 0 Å². The molecule has 0 aliphatic carbocycles. The summed E-state index contributed by atoms with van der Waals surface area (Å²) in [5, 5.41) is 0. The van der Waals surface area contributed by atoms with Gasteiger partial charge in [0, 0.05) is 16.7 Å². The summed E-state index contributed by atoms with van der Waals surface area (Å²) in [6.07, 6.45) is 0. The number of amides is 2. The Morgan fingerprint density at radius 1 is 1.11 bits per heavy atom. The van der Waals surface area contributed by atoms with Gasteiger partial charge in [-0.15, -0.1) is 0 Å². The normalized spacial score (nSPS) is 10.1. The Labute approximate surface area is 113 Å². The van der Waals surface area contributed by atoms with E-state index in [1.807, 2.05) is 6.07 Å². The molecule has 0 aliphatic rings. The summed E-state index contributed by atoms with van der Waals surface area (Å²) < 4.78 is 0.805. The van der Waals surface area contributed by atoms with Crippen molar-refractivity contribution in [2.45, 2.75) is 6.54 Å². The Bertz CT molecular complexity index is 448. The molecule has 1 aromatic rings. The molecule has 0 aliphatic heterocycles. The van der Waals surface area contributed by atoms with Crippen LogP contribution in [0.2, 0.25) is 0 Å². The van der Waals surface area contributed by atoms with Crippen LogP contribution in [0.1, 0.15) is 5.56 Å².